The quantitative estimate of drug-likeness (QED) is 0.880. The van der Waals surface area contributed by atoms with Crippen LogP contribution in [-0.4, -0.2) is 31.0 Å². The highest BCUT2D eigenvalue weighted by molar-refractivity contribution is 7.91. The highest BCUT2D eigenvalue weighted by Gasteiger charge is 2.28. The first-order valence-corrected chi connectivity index (χ1v) is 7.29. The van der Waals surface area contributed by atoms with Gasteiger partial charge in [0.15, 0.2) is 9.84 Å². The van der Waals surface area contributed by atoms with E-state index in [9.17, 15) is 13.2 Å². The molecule has 0 aromatic heterocycles. The van der Waals surface area contributed by atoms with Gasteiger partial charge in [0.25, 0.3) is 0 Å². The van der Waals surface area contributed by atoms with Gasteiger partial charge in [0.05, 0.1) is 17.9 Å². The van der Waals surface area contributed by atoms with Gasteiger partial charge in [0, 0.05) is 0 Å². The molecule has 0 radical (unpaired) electrons. The fourth-order valence-corrected chi connectivity index (χ4v) is 3.92. The van der Waals surface area contributed by atoms with E-state index < -0.39 is 15.8 Å². The highest BCUT2D eigenvalue weighted by atomic mass is 32.2. The molecule has 0 unspecified atom stereocenters. The van der Waals surface area contributed by atoms with Crippen molar-refractivity contribution in [3.63, 3.8) is 0 Å². The molecule has 4 nitrogen and oxygen atoms in total. The molecule has 0 aliphatic carbocycles. The minimum absolute atomic E-state index is 0.00322. The van der Waals surface area contributed by atoms with Gasteiger partial charge in [-0.25, -0.2) is 8.42 Å². The summed E-state index contributed by atoms with van der Waals surface area (Å²) in [5.74, 6) is -0.320. The number of carboxylic acid groups (broad SMARTS) is 1. The Kier molecular flexibility index (Phi) is 3.19. The van der Waals surface area contributed by atoms with E-state index in [4.69, 9.17) is 5.11 Å². The lowest BCUT2D eigenvalue weighted by Gasteiger charge is -2.08. The summed E-state index contributed by atoms with van der Waals surface area (Å²) in [7, 11) is -2.87. The van der Waals surface area contributed by atoms with Crippen molar-refractivity contribution in [2.45, 2.75) is 18.8 Å². The standard InChI is InChI=1S/C12H14O4S/c13-12(14)7-9-1-3-10(4-2-9)11-5-6-17(15,16)8-11/h1-4,11H,5-8H2,(H,13,14)/t11-/m0/s1. The minimum Gasteiger partial charge on any atom is -0.481 e. The molecule has 1 aromatic carbocycles. The van der Waals surface area contributed by atoms with Crippen LogP contribution in [-0.2, 0) is 21.1 Å². The van der Waals surface area contributed by atoms with Crippen molar-refractivity contribution in [2.75, 3.05) is 11.5 Å². The maximum atomic E-state index is 11.3. The van der Waals surface area contributed by atoms with E-state index in [0.29, 0.717) is 6.42 Å². The summed E-state index contributed by atoms with van der Waals surface area (Å²) in [5, 5.41) is 8.64. The third-order valence-electron chi connectivity index (χ3n) is 3.04. The molecule has 0 spiro atoms. The van der Waals surface area contributed by atoms with Crippen LogP contribution in [0.5, 0.6) is 0 Å². The summed E-state index contributed by atoms with van der Waals surface area (Å²) in [6.45, 7) is 0. The van der Waals surface area contributed by atoms with Gasteiger partial charge < -0.3 is 5.11 Å². The Morgan fingerprint density at radius 3 is 2.41 bits per heavy atom. The lowest BCUT2D eigenvalue weighted by Crippen LogP contribution is -2.04. The van der Waals surface area contributed by atoms with Crippen LogP contribution in [0.15, 0.2) is 24.3 Å². The monoisotopic (exact) mass is 254 g/mol. The minimum atomic E-state index is -2.87. The van der Waals surface area contributed by atoms with Crippen LogP contribution in [0.25, 0.3) is 0 Å². The van der Waals surface area contributed by atoms with Gasteiger partial charge >= 0.3 is 5.97 Å². The van der Waals surface area contributed by atoms with Crippen molar-refractivity contribution in [3.05, 3.63) is 35.4 Å². The molecule has 1 heterocycles. The van der Waals surface area contributed by atoms with Crippen molar-refractivity contribution >= 4 is 15.8 Å². The van der Waals surface area contributed by atoms with Crippen LogP contribution >= 0.6 is 0 Å². The molecule has 1 aliphatic rings. The maximum Gasteiger partial charge on any atom is 0.307 e. The van der Waals surface area contributed by atoms with Crippen LogP contribution < -0.4 is 0 Å². The molecule has 17 heavy (non-hydrogen) atoms. The molecule has 0 bridgehead atoms. The Balaban J connectivity index is 2.11. The summed E-state index contributed by atoms with van der Waals surface area (Å²) in [6, 6.07) is 7.19. The highest BCUT2D eigenvalue weighted by Crippen LogP contribution is 2.28. The number of rotatable bonds is 3. The molecule has 1 saturated heterocycles. The molecular weight excluding hydrogens is 240 g/mol. The normalized spacial score (nSPS) is 22.5. The van der Waals surface area contributed by atoms with Crippen molar-refractivity contribution in [1.82, 2.24) is 0 Å². The van der Waals surface area contributed by atoms with E-state index in [1.165, 1.54) is 0 Å². The summed E-state index contributed by atoms with van der Waals surface area (Å²) in [5.41, 5.74) is 1.72. The molecule has 0 amide bonds. The second-order valence-electron chi connectivity index (χ2n) is 4.41. The lowest BCUT2D eigenvalue weighted by atomic mass is 9.97. The van der Waals surface area contributed by atoms with E-state index in [1.54, 1.807) is 12.1 Å². The number of benzene rings is 1. The van der Waals surface area contributed by atoms with Crippen molar-refractivity contribution in [3.8, 4) is 0 Å². The molecule has 1 aliphatic heterocycles. The second kappa shape index (κ2) is 4.49. The summed E-state index contributed by atoms with van der Waals surface area (Å²) in [6.07, 6.45) is 0.670. The first-order chi connectivity index (χ1) is 7.96. The van der Waals surface area contributed by atoms with Crippen LogP contribution in [0.3, 0.4) is 0 Å². The van der Waals surface area contributed by atoms with Crippen LogP contribution in [0.4, 0.5) is 0 Å². The van der Waals surface area contributed by atoms with Crippen molar-refractivity contribution < 1.29 is 18.3 Å². The number of sulfone groups is 1. The molecule has 2 rings (SSSR count). The predicted octanol–water partition coefficient (Wildman–Crippen LogP) is 1.22. The van der Waals surface area contributed by atoms with E-state index in [1.807, 2.05) is 12.1 Å². The SMILES string of the molecule is O=C(O)Cc1ccc([C@H]2CCS(=O)(=O)C2)cc1. The molecular formula is C12H14O4S. The van der Waals surface area contributed by atoms with Gasteiger partial charge in [-0.15, -0.1) is 0 Å². The average Bonchev–Trinajstić information content (AvgIpc) is 2.59. The van der Waals surface area contributed by atoms with Crippen molar-refractivity contribution in [1.29, 1.82) is 0 Å². The number of carboxylic acids is 1. The van der Waals surface area contributed by atoms with Crippen LogP contribution in [0.1, 0.15) is 23.5 Å². The Morgan fingerprint density at radius 2 is 1.94 bits per heavy atom. The second-order valence-corrected chi connectivity index (χ2v) is 6.64. The van der Waals surface area contributed by atoms with Crippen LogP contribution in [0.2, 0.25) is 0 Å². The third-order valence-corrected chi connectivity index (χ3v) is 4.81. The number of aliphatic carboxylic acids is 1. The largest absolute Gasteiger partial charge is 0.481 e. The Bertz CT molecular complexity index is 516. The fraction of sp³-hybridized carbons (Fsp3) is 0.417. The zero-order valence-corrected chi connectivity index (χ0v) is 10.1. The first kappa shape index (κ1) is 12.1. The lowest BCUT2D eigenvalue weighted by molar-refractivity contribution is -0.136. The van der Waals surface area contributed by atoms with E-state index in [0.717, 1.165) is 11.1 Å². The fourth-order valence-electron chi connectivity index (χ4n) is 2.14. The average molecular weight is 254 g/mol. The molecule has 5 heteroatoms. The first-order valence-electron chi connectivity index (χ1n) is 5.47. The zero-order valence-electron chi connectivity index (χ0n) is 9.30. The molecule has 0 saturated carbocycles. The summed E-state index contributed by atoms with van der Waals surface area (Å²) >= 11 is 0. The molecule has 1 aromatic rings. The maximum absolute atomic E-state index is 11.3. The van der Waals surface area contributed by atoms with E-state index >= 15 is 0 Å². The van der Waals surface area contributed by atoms with Gasteiger partial charge in [0.2, 0.25) is 0 Å². The zero-order chi connectivity index (χ0) is 12.5. The van der Waals surface area contributed by atoms with Gasteiger partial charge in [0.1, 0.15) is 0 Å². The van der Waals surface area contributed by atoms with Gasteiger partial charge in [-0.2, -0.15) is 0 Å². The van der Waals surface area contributed by atoms with Crippen LogP contribution in [0, 0.1) is 0 Å². The Labute approximate surface area is 100 Å². The Hall–Kier alpha value is -1.36. The summed E-state index contributed by atoms with van der Waals surface area (Å²) in [4.78, 5) is 10.5. The predicted molar refractivity (Wildman–Crippen MR) is 63.8 cm³/mol. The van der Waals surface area contributed by atoms with Gasteiger partial charge in [-0.3, -0.25) is 4.79 Å². The Morgan fingerprint density at radius 1 is 1.29 bits per heavy atom. The molecule has 1 atom stereocenters. The topological polar surface area (TPSA) is 71.4 Å². The summed E-state index contributed by atoms with van der Waals surface area (Å²) < 4.78 is 22.7. The molecule has 92 valence electrons. The number of hydrogen-bond donors (Lipinski definition) is 1. The van der Waals surface area contributed by atoms with Gasteiger partial charge in [-0.1, -0.05) is 24.3 Å². The molecule has 1 N–H and O–H groups in total. The van der Waals surface area contributed by atoms with Crippen molar-refractivity contribution in [2.24, 2.45) is 0 Å². The smallest absolute Gasteiger partial charge is 0.307 e. The number of carbonyl (C=O) groups is 1. The number of hydrogen-bond acceptors (Lipinski definition) is 3. The third kappa shape index (κ3) is 3.06. The van der Waals surface area contributed by atoms with E-state index in [2.05, 4.69) is 0 Å². The van der Waals surface area contributed by atoms with E-state index in [-0.39, 0.29) is 23.8 Å². The molecule has 1 fully saturated rings. The van der Waals surface area contributed by atoms with Gasteiger partial charge in [-0.05, 0) is 23.5 Å².